The Morgan fingerprint density at radius 2 is 1.47 bits per heavy atom. The van der Waals surface area contributed by atoms with Crippen LogP contribution in [0.4, 0.5) is 0 Å². The first-order valence-corrected chi connectivity index (χ1v) is 5.85. The lowest BCUT2D eigenvalue weighted by molar-refractivity contribution is -0.126. The second-order valence-corrected chi connectivity index (χ2v) is 4.38. The molecule has 1 aliphatic carbocycles. The lowest BCUT2D eigenvalue weighted by Gasteiger charge is -2.06. The minimum Gasteiger partial charge on any atom is -0.294 e. The Kier molecular flexibility index (Phi) is 4.25. The predicted octanol–water partition coefficient (Wildman–Crippen LogP) is 3.06. The number of hydrogen-bond donors (Lipinski definition) is 0. The number of Topliss-reactive ketones (excluding diaryl/α,β-unsaturated/α-hetero) is 2. The van der Waals surface area contributed by atoms with Crippen molar-refractivity contribution in [2.75, 3.05) is 0 Å². The molecule has 1 rings (SSSR count). The van der Waals surface area contributed by atoms with Crippen LogP contribution in [0.5, 0.6) is 0 Å². The van der Waals surface area contributed by atoms with Crippen molar-refractivity contribution in [2.45, 2.75) is 52.9 Å². The van der Waals surface area contributed by atoms with Crippen LogP contribution in [0, 0.1) is 5.92 Å². The molecule has 0 unspecified atom stereocenters. The molecular formula is C13H20O2. The van der Waals surface area contributed by atoms with Crippen LogP contribution in [0.15, 0.2) is 11.1 Å². The van der Waals surface area contributed by atoms with E-state index in [1.165, 1.54) is 12.8 Å². The monoisotopic (exact) mass is 208 g/mol. The molecule has 84 valence electrons. The van der Waals surface area contributed by atoms with Gasteiger partial charge in [-0.1, -0.05) is 32.6 Å². The maximum absolute atomic E-state index is 11.7. The third-order valence-electron chi connectivity index (χ3n) is 3.28. The fraction of sp³-hybridized carbons (Fsp3) is 0.692. The van der Waals surface area contributed by atoms with Gasteiger partial charge in [-0.2, -0.15) is 0 Å². The zero-order valence-corrected chi connectivity index (χ0v) is 9.93. The van der Waals surface area contributed by atoms with Crippen molar-refractivity contribution in [3.63, 3.8) is 0 Å². The minimum atomic E-state index is -0.346. The topological polar surface area (TPSA) is 34.1 Å². The number of carbonyl (C=O) groups is 2. The van der Waals surface area contributed by atoms with Gasteiger partial charge in [-0.25, -0.2) is 0 Å². The van der Waals surface area contributed by atoms with Gasteiger partial charge < -0.3 is 0 Å². The summed E-state index contributed by atoms with van der Waals surface area (Å²) in [5.74, 6) is -0.218. The van der Waals surface area contributed by atoms with Crippen LogP contribution in [-0.2, 0) is 9.59 Å². The molecule has 2 heteroatoms. The van der Waals surface area contributed by atoms with Gasteiger partial charge in [0.2, 0.25) is 0 Å². The minimum absolute atomic E-state index is 0.0639. The molecule has 0 aliphatic heterocycles. The molecule has 0 atom stereocenters. The average Bonchev–Trinajstić information content (AvgIpc) is 2.41. The zero-order chi connectivity index (χ0) is 11.4. The zero-order valence-electron chi connectivity index (χ0n) is 9.93. The smallest absolute Gasteiger partial charge is 0.169 e. The van der Waals surface area contributed by atoms with Crippen molar-refractivity contribution in [2.24, 2.45) is 5.92 Å². The summed E-state index contributed by atoms with van der Waals surface area (Å²) in [6.45, 7) is 5.69. The Labute approximate surface area is 91.7 Å². The van der Waals surface area contributed by atoms with Crippen molar-refractivity contribution in [3.05, 3.63) is 11.1 Å². The Morgan fingerprint density at radius 3 is 1.93 bits per heavy atom. The van der Waals surface area contributed by atoms with Gasteiger partial charge in [0.25, 0.3) is 0 Å². The van der Waals surface area contributed by atoms with E-state index in [-0.39, 0.29) is 17.5 Å². The fourth-order valence-electron chi connectivity index (χ4n) is 2.05. The van der Waals surface area contributed by atoms with Crippen LogP contribution in [0.1, 0.15) is 52.9 Å². The van der Waals surface area contributed by atoms with Crippen molar-refractivity contribution in [1.82, 2.24) is 0 Å². The van der Waals surface area contributed by atoms with E-state index >= 15 is 0 Å². The molecule has 0 aromatic heterocycles. The molecule has 0 saturated heterocycles. The summed E-state index contributed by atoms with van der Waals surface area (Å²) in [5, 5.41) is 0. The maximum atomic E-state index is 11.7. The molecule has 0 saturated carbocycles. The van der Waals surface area contributed by atoms with E-state index in [9.17, 15) is 9.59 Å². The van der Waals surface area contributed by atoms with Gasteiger partial charge in [0.15, 0.2) is 11.6 Å². The normalized spacial score (nSPS) is 18.1. The van der Waals surface area contributed by atoms with E-state index in [0.717, 1.165) is 19.3 Å². The summed E-state index contributed by atoms with van der Waals surface area (Å²) in [7, 11) is 0. The van der Waals surface area contributed by atoms with Crippen LogP contribution in [0.3, 0.4) is 0 Å². The summed E-state index contributed by atoms with van der Waals surface area (Å²) in [4.78, 5) is 23.4. The molecular weight excluding hydrogens is 188 g/mol. The number of allylic oxidation sites excluding steroid dienone is 2. The molecule has 0 bridgehead atoms. The molecule has 1 aliphatic rings. The third kappa shape index (κ3) is 2.55. The first-order valence-electron chi connectivity index (χ1n) is 5.85. The first-order chi connectivity index (χ1) is 7.09. The maximum Gasteiger partial charge on any atom is 0.169 e. The van der Waals surface area contributed by atoms with E-state index in [0.29, 0.717) is 11.1 Å². The number of hydrogen-bond acceptors (Lipinski definition) is 2. The van der Waals surface area contributed by atoms with Crippen LogP contribution >= 0.6 is 0 Å². The standard InChI is InChI=1S/C13H20O2/c1-4-5-6-7-8-11-12(14)9(2)10(3)13(11)15/h11H,4-8H2,1-3H3. The third-order valence-corrected chi connectivity index (χ3v) is 3.28. The Morgan fingerprint density at radius 1 is 0.933 bits per heavy atom. The average molecular weight is 208 g/mol. The van der Waals surface area contributed by atoms with E-state index in [2.05, 4.69) is 6.92 Å². The number of ketones is 2. The van der Waals surface area contributed by atoms with Crippen LogP contribution in [0.25, 0.3) is 0 Å². The van der Waals surface area contributed by atoms with Gasteiger partial charge in [0, 0.05) is 0 Å². The molecule has 0 radical (unpaired) electrons. The SMILES string of the molecule is CCCCCCC1C(=O)C(C)=C(C)C1=O. The van der Waals surface area contributed by atoms with Crippen molar-refractivity contribution in [3.8, 4) is 0 Å². The molecule has 2 nitrogen and oxygen atoms in total. The second kappa shape index (κ2) is 5.24. The number of carbonyl (C=O) groups excluding carboxylic acids is 2. The van der Waals surface area contributed by atoms with E-state index in [1.54, 1.807) is 13.8 Å². The van der Waals surface area contributed by atoms with Gasteiger partial charge in [0.05, 0.1) is 5.92 Å². The van der Waals surface area contributed by atoms with E-state index in [4.69, 9.17) is 0 Å². The Balaban J connectivity index is 2.46. The molecule has 0 spiro atoms. The van der Waals surface area contributed by atoms with Crippen molar-refractivity contribution >= 4 is 11.6 Å². The fourth-order valence-corrected chi connectivity index (χ4v) is 2.05. The molecule has 0 amide bonds. The molecule has 15 heavy (non-hydrogen) atoms. The Hall–Kier alpha value is -0.920. The highest BCUT2D eigenvalue weighted by Crippen LogP contribution is 2.28. The largest absolute Gasteiger partial charge is 0.294 e. The molecule has 0 aromatic carbocycles. The first kappa shape index (κ1) is 12.2. The van der Waals surface area contributed by atoms with Gasteiger partial charge in [-0.3, -0.25) is 9.59 Å². The Bertz CT molecular complexity index is 276. The summed E-state index contributed by atoms with van der Waals surface area (Å²) in [6.07, 6.45) is 5.25. The summed E-state index contributed by atoms with van der Waals surface area (Å²) in [5.41, 5.74) is 1.36. The van der Waals surface area contributed by atoms with E-state index < -0.39 is 0 Å². The highest BCUT2D eigenvalue weighted by atomic mass is 16.2. The van der Waals surface area contributed by atoms with Gasteiger partial charge >= 0.3 is 0 Å². The lowest BCUT2D eigenvalue weighted by Crippen LogP contribution is -2.17. The van der Waals surface area contributed by atoms with Gasteiger partial charge in [-0.05, 0) is 31.4 Å². The summed E-state index contributed by atoms with van der Waals surface area (Å²) >= 11 is 0. The predicted molar refractivity (Wildman–Crippen MR) is 60.6 cm³/mol. The van der Waals surface area contributed by atoms with Gasteiger partial charge in [-0.15, -0.1) is 0 Å². The van der Waals surface area contributed by atoms with E-state index in [1.807, 2.05) is 0 Å². The molecule has 0 fully saturated rings. The molecule has 0 heterocycles. The lowest BCUT2D eigenvalue weighted by atomic mass is 9.95. The van der Waals surface area contributed by atoms with Crippen molar-refractivity contribution < 1.29 is 9.59 Å². The summed E-state index contributed by atoms with van der Waals surface area (Å²) in [6, 6.07) is 0. The second-order valence-electron chi connectivity index (χ2n) is 4.38. The quantitative estimate of drug-likeness (QED) is 0.514. The van der Waals surface area contributed by atoms with Crippen molar-refractivity contribution in [1.29, 1.82) is 0 Å². The summed E-state index contributed by atoms with van der Waals surface area (Å²) < 4.78 is 0. The van der Waals surface area contributed by atoms with Crippen LogP contribution in [0.2, 0.25) is 0 Å². The van der Waals surface area contributed by atoms with Gasteiger partial charge in [0.1, 0.15) is 0 Å². The highest BCUT2D eigenvalue weighted by molar-refractivity contribution is 6.23. The molecule has 0 N–H and O–H groups in total. The number of unbranched alkanes of at least 4 members (excludes halogenated alkanes) is 3. The van der Waals surface area contributed by atoms with Crippen LogP contribution in [-0.4, -0.2) is 11.6 Å². The molecule has 0 aromatic rings. The van der Waals surface area contributed by atoms with Crippen LogP contribution < -0.4 is 0 Å². The number of rotatable bonds is 5. The highest BCUT2D eigenvalue weighted by Gasteiger charge is 2.35.